The second-order valence-electron chi connectivity index (χ2n) is 11.7. The number of esters is 2. The van der Waals surface area contributed by atoms with Crippen molar-refractivity contribution in [3.8, 4) is 22.5 Å². The molecule has 0 unspecified atom stereocenters. The Kier molecular flexibility index (Phi) is 13.3. The fraction of sp³-hybridized carbons (Fsp3) is 0.429. The van der Waals surface area contributed by atoms with Gasteiger partial charge in [0.2, 0.25) is 0 Å². The molecule has 0 N–H and O–H groups in total. The minimum absolute atomic E-state index is 0.326. The summed E-state index contributed by atoms with van der Waals surface area (Å²) in [5.74, 6) is 0.102. The van der Waals surface area contributed by atoms with Crippen LogP contribution in [0.4, 0.5) is 5.13 Å². The highest BCUT2D eigenvalue weighted by Crippen LogP contribution is 2.38. The normalized spacial score (nSPS) is 17.0. The molecule has 0 aliphatic carbocycles. The Morgan fingerprint density at radius 3 is 1.92 bits per heavy atom. The summed E-state index contributed by atoms with van der Waals surface area (Å²) in [6.45, 7) is 11.0. The van der Waals surface area contributed by atoms with E-state index in [0.717, 1.165) is 48.1 Å². The summed E-state index contributed by atoms with van der Waals surface area (Å²) in [5, 5.41) is 2.04. The van der Waals surface area contributed by atoms with Crippen molar-refractivity contribution in [2.45, 2.75) is 52.5 Å². The summed E-state index contributed by atoms with van der Waals surface area (Å²) in [4.78, 5) is 39.6. The molecule has 0 bridgehead atoms. The summed E-state index contributed by atoms with van der Waals surface area (Å²) in [5.41, 5.74) is 2.69. The van der Waals surface area contributed by atoms with Gasteiger partial charge in [-0.05, 0) is 80.1 Å². The topological polar surface area (TPSA) is 84.9 Å². The molecule has 0 radical (unpaired) electrons. The number of carbonyl (C=O) groups excluding carboxylic acids is 2. The van der Waals surface area contributed by atoms with Crippen molar-refractivity contribution in [3.63, 3.8) is 0 Å². The monoisotopic (exact) mass is 792 g/mol. The van der Waals surface area contributed by atoms with Crippen LogP contribution >= 0.6 is 61.8 Å². The lowest BCUT2D eigenvalue weighted by molar-refractivity contribution is 0.0523. The first-order chi connectivity index (χ1) is 23.2. The maximum atomic E-state index is 12.6. The number of hydrogen-bond donors (Lipinski definition) is 0. The van der Waals surface area contributed by atoms with E-state index in [4.69, 9.17) is 37.7 Å². The van der Waals surface area contributed by atoms with Gasteiger partial charge in [-0.1, -0.05) is 89.2 Å². The first kappa shape index (κ1) is 36.7. The largest absolute Gasteiger partial charge is 0.462 e. The zero-order valence-electron chi connectivity index (χ0n) is 27.2. The lowest BCUT2D eigenvalue weighted by Crippen LogP contribution is -2.48. The van der Waals surface area contributed by atoms with E-state index >= 15 is 0 Å². The predicted octanol–water partition coefficient (Wildman–Crippen LogP) is 9.74. The molecule has 6 rings (SSSR count). The Balaban J connectivity index is 0.000000214. The average Bonchev–Trinajstić information content (AvgIpc) is 3.70. The molecular formula is C35H39BrCl2N4O4S2. The standard InChI is InChI=1S/C23H30ClN3O2S.C12H9BrClNO2S/c1-3-29-22(28)21-20(18-8-4-5-9-19(18)24)25-23(30-21)26-13-10-17(11-14-26)27-12-6-7-16(2)15-27;1-2-17-11(16)10-9(15-12(13)18-10)7-5-3-4-6-8(7)14/h4-5,8-9,16-17H,3,6-7,10-15H2,1-2H3;3-6H,2H2,1H3/t16-;/m1./s1. The number of likely N-dealkylation sites (tertiary alicyclic amines) is 1. The number of aromatic nitrogens is 2. The number of ether oxygens (including phenoxy) is 2. The predicted molar refractivity (Wildman–Crippen MR) is 200 cm³/mol. The van der Waals surface area contributed by atoms with Gasteiger partial charge in [-0.3, -0.25) is 4.90 Å². The van der Waals surface area contributed by atoms with Gasteiger partial charge in [0, 0.05) is 36.8 Å². The number of piperidine rings is 2. The highest BCUT2D eigenvalue weighted by molar-refractivity contribution is 9.11. The van der Waals surface area contributed by atoms with Gasteiger partial charge >= 0.3 is 11.9 Å². The molecule has 0 saturated carbocycles. The van der Waals surface area contributed by atoms with Crippen LogP contribution in [0.5, 0.6) is 0 Å². The maximum absolute atomic E-state index is 12.6. The third-order valence-corrected chi connectivity index (χ3v) is 11.6. The Hall–Kier alpha value is -2.54. The van der Waals surface area contributed by atoms with Crippen LogP contribution in [0.2, 0.25) is 10.0 Å². The van der Waals surface area contributed by atoms with Crippen molar-refractivity contribution in [1.82, 2.24) is 14.9 Å². The SMILES string of the molecule is CCOC(=O)c1sc(Br)nc1-c1ccccc1Cl.CCOC(=O)c1sc(N2CCC(N3CCC[C@@H](C)C3)CC2)nc1-c1ccccc1Cl. The Bertz CT molecular complexity index is 1710. The molecule has 8 nitrogen and oxygen atoms in total. The molecule has 2 saturated heterocycles. The molecule has 2 aromatic carbocycles. The first-order valence-electron chi connectivity index (χ1n) is 16.2. The van der Waals surface area contributed by atoms with Gasteiger partial charge in [0.25, 0.3) is 0 Å². The molecule has 13 heteroatoms. The summed E-state index contributed by atoms with van der Waals surface area (Å²) in [7, 11) is 0. The van der Waals surface area contributed by atoms with Crippen LogP contribution in [0.15, 0.2) is 52.4 Å². The quantitative estimate of drug-likeness (QED) is 0.163. The molecule has 0 amide bonds. The van der Waals surface area contributed by atoms with Gasteiger partial charge in [-0.25, -0.2) is 19.6 Å². The number of anilines is 1. The third-order valence-electron chi connectivity index (χ3n) is 8.34. The van der Waals surface area contributed by atoms with Gasteiger partial charge < -0.3 is 14.4 Å². The zero-order chi connectivity index (χ0) is 34.2. The lowest BCUT2D eigenvalue weighted by Gasteiger charge is -2.41. The minimum Gasteiger partial charge on any atom is -0.462 e. The van der Waals surface area contributed by atoms with Crippen molar-refractivity contribution in [2.24, 2.45) is 5.92 Å². The molecule has 256 valence electrons. The van der Waals surface area contributed by atoms with Gasteiger partial charge in [0.1, 0.15) is 9.75 Å². The van der Waals surface area contributed by atoms with Crippen molar-refractivity contribution >= 4 is 78.9 Å². The first-order valence-corrected chi connectivity index (χ1v) is 19.4. The van der Waals surface area contributed by atoms with Crippen molar-refractivity contribution in [1.29, 1.82) is 0 Å². The Morgan fingerprint density at radius 1 is 0.833 bits per heavy atom. The van der Waals surface area contributed by atoms with Crippen LogP contribution in [0.25, 0.3) is 22.5 Å². The number of carbonyl (C=O) groups is 2. The van der Waals surface area contributed by atoms with Crippen molar-refractivity contribution < 1.29 is 19.1 Å². The molecule has 1 atom stereocenters. The van der Waals surface area contributed by atoms with E-state index in [0.29, 0.717) is 54.4 Å². The average molecular weight is 795 g/mol. The number of thiazole rings is 2. The molecule has 2 fully saturated rings. The van der Waals surface area contributed by atoms with Crippen LogP contribution in [-0.4, -0.2) is 72.2 Å². The summed E-state index contributed by atoms with van der Waals surface area (Å²) < 4.78 is 10.9. The second-order valence-corrected chi connectivity index (χ2v) is 15.7. The summed E-state index contributed by atoms with van der Waals surface area (Å²) in [6, 6.07) is 15.5. The van der Waals surface area contributed by atoms with E-state index < -0.39 is 0 Å². The molecular weight excluding hydrogens is 755 g/mol. The summed E-state index contributed by atoms with van der Waals surface area (Å²) in [6.07, 6.45) is 4.96. The van der Waals surface area contributed by atoms with Crippen LogP contribution in [0.1, 0.15) is 65.8 Å². The van der Waals surface area contributed by atoms with Crippen LogP contribution < -0.4 is 4.90 Å². The number of halogens is 3. The Labute approximate surface area is 308 Å². The van der Waals surface area contributed by atoms with E-state index in [1.807, 2.05) is 49.4 Å². The van der Waals surface area contributed by atoms with Gasteiger partial charge in [-0.15, -0.1) is 0 Å². The molecule has 2 aliphatic heterocycles. The molecule has 0 spiro atoms. The lowest BCUT2D eigenvalue weighted by atomic mass is 9.95. The smallest absolute Gasteiger partial charge is 0.350 e. The highest BCUT2D eigenvalue weighted by Gasteiger charge is 2.30. The fourth-order valence-electron chi connectivity index (χ4n) is 6.06. The number of benzene rings is 2. The number of hydrogen-bond acceptors (Lipinski definition) is 10. The van der Waals surface area contributed by atoms with Gasteiger partial charge in [0.15, 0.2) is 9.05 Å². The molecule has 2 aromatic heterocycles. The van der Waals surface area contributed by atoms with Gasteiger partial charge in [0.05, 0.1) is 34.6 Å². The molecule has 2 aliphatic rings. The zero-order valence-corrected chi connectivity index (χ0v) is 31.9. The molecule has 4 aromatic rings. The maximum Gasteiger partial charge on any atom is 0.350 e. The Morgan fingerprint density at radius 2 is 1.38 bits per heavy atom. The van der Waals surface area contributed by atoms with Crippen LogP contribution in [-0.2, 0) is 9.47 Å². The van der Waals surface area contributed by atoms with Crippen molar-refractivity contribution in [3.05, 3.63) is 72.2 Å². The van der Waals surface area contributed by atoms with E-state index in [9.17, 15) is 9.59 Å². The van der Waals surface area contributed by atoms with Crippen LogP contribution in [0, 0.1) is 5.92 Å². The second kappa shape index (κ2) is 17.4. The van der Waals surface area contributed by atoms with E-state index in [-0.39, 0.29) is 11.9 Å². The third kappa shape index (κ3) is 8.97. The number of rotatable bonds is 8. The summed E-state index contributed by atoms with van der Waals surface area (Å²) >= 11 is 18.5. The fourth-order valence-corrected chi connectivity index (χ4v) is 8.90. The molecule has 4 heterocycles. The van der Waals surface area contributed by atoms with E-state index in [1.165, 1.54) is 48.6 Å². The molecule has 48 heavy (non-hydrogen) atoms. The van der Waals surface area contributed by atoms with E-state index in [1.54, 1.807) is 13.0 Å². The van der Waals surface area contributed by atoms with E-state index in [2.05, 4.69) is 37.6 Å². The number of nitrogens with zero attached hydrogens (tertiary/aromatic N) is 4. The highest BCUT2D eigenvalue weighted by atomic mass is 79.9. The van der Waals surface area contributed by atoms with Crippen molar-refractivity contribution in [2.75, 3.05) is 44.3 Å². The van der Waals surface area contributed by atoms with Crippen LogP contribution in [0.3, 0.4) is 0 Å². The van der Waals surface area contributed by atoms with Gasteiger partial charge in [-0.2, -0.15) is 0 Å². The minimum atomic E-state index is -0.379.